The number of aromatic nitrogens is 3. The van der Waals surface area contributed by atoms with Gasteiger partial charge in [-0.1, -0.05) is 11.6 Å². The van der Waals surface area contributed by atoms with E-state index in [4.69, 9.17) is 11.6 Å². The molecular formula is C10H6ClN3S. The summed E-state index contributed by atoms with van der Waals surface area (Å²) >= 11 is 7.72. The van der Waals surface area contributed by atoms with Crippen LogP contribution in [0.1, 0.15) is 0 Å². The summed E-state index contributed by atoms with van der Waals surface area (Å²) in [5.74, 6) is 0. The third-order valence-electron chi connectivity index (χ3n) is 2.19. The Bertz CT molecular complexity index is 600. The van der Waals surface area contributed by atoms with Gasteiger partial charge in [-0.25, -0.2) is 9.97 Å². The number of thiazole rings is 1. The van der Waals surface area contributed by atoms with E-state index in [0.717, 1.165) is 21.6 Å². The van der Waals surface area contributed by atoms with Crippen molar-refractivity contribution in [3.8, 4) is 10.6 Å². The minimum atomic E-state index is 0.700. The van der Waals surface area contributed by atoms with Gasteiger partial charge in [-0.05, 0) is 6.07 Å². The summed E-state index contributed by atoms with van der Waals surface area (Å²) in [5, 5.41) is 4.54. The summed E-state index contributed by atoms with van der Waals surface area (Å²) < 4.78 is 0. The van der Waals surface area contributed by atoms with E-state index in [9.17, 15) is 0 Å². The molecule has 1 N–H and O–H groups in total. The molecule has 0 saturated carbocycles. The van der Waals surface area contributed by atoms with Gasteiger partial charge < -0.3 is 4.98 Å². The van der Waals surface area contributed by atoms with Crippen molar-refractivity contribution < 1.29 is 0 Å². The van der Waals surface area contributed by atoms with E-state index in [1.165, 1.54) is 0 Å². The van der Waals surface area contributed by atoms with E-state index in [1.807, 2.05) is 11.6 Å². The third kappa shape index (κ3) is 1.33. The largest absolute Gasteiger partial charge is 0.345 e. The number of halogens is 1. The van der Waals surface area contributed by atoms with Crippen molar-refractivity contribution in [1.82, 2.24) is 15.0 Å². The van der Waals surface area contributed by atoms with Crippen LogP contribution in [-0.2, 0) is 0 Å². The Morgan fingerprint density at radius 2 is 2.20 bits per heavy atom. The molecule has 74 valence electrons. The quantitative estimate of drug-likeness (QED) is 0.703. The predicted molar refractivity (Wildman–Crippen MR) is 62.2 cm³/mol. The van der Waals surface area contributed by atoms with Crippen LogP contribution in [0.15, 0.2) is 30.0 Å². The lowest BCUT2D eigenvalue weighted by Gasteiger charge is -1.95. The highest BCUT2D eigenvalue weighted by Crippen LogP contribution is 2.33. The Hall–Kier alpha value is -1.39. The molecule has 0 spiro atoms. The van der Waals surface area contributed by atoms with Gasteiger partial charge in [-0.15, -0.1) is 11.3 Å². The second-order valence-electron chi connectivity index (χ2n) is 3.06. The standard InChI is InChI=1S/C10H6ClN3S/c11-7-1-2-12-9-8(7)6(5-14-9)10-13-3-4-15-10/h1-5H,(H,12,14). The number of H-pyrrole nitrogens is 1. The molecule has 0 radical (unpaired) electrons. The topological polar surface area (TPSA) is 41.6 Å². The molecule has 0 aliphatic rings. The van der Waals surface area contributed by atoms with Gasteiger partial charge in [-0.3, -0.25) is 0 Å². The Labute approximate surface area is 94.8 Å². The summed E-state index contributed by atoms with van der Waals surface area (Å²) in [4.78, 5) is 11.6. The highest BCUT2D eigenvalue weighted by atomic mass is 35.5. The first-order valence-electron chi connectivity index (χ1n) is 4.38. The normalized spacial score (nSPS) is 11.0. The fourth-order valence-electron chi connectivity index (χ4n) is 1.54. The number of fused-ring (bicyclic) bond motifs is 1. The molecule has 0 amide bonds. The van der Waals surface area contributed by atoms with Crippen LogP contribution in [0.5, 0.6) is 0 Å². The molecule has 0 aromatic carbocycles. The highest BCUT2D eigenvalue weighted by molar-refractivity contribution is 7.13. The van der Waals surface area contributed by atoms with E-state index >= 15 is 0 Å². The molecule has 0 fully saturated rings. The minimum Gasteiger partial charge on any atom is -0.345 e. The first-order chi connectivity index (χ1) is 7.36. The van der Waals surface area contributed by atoms with E-state index in [1.54, 1.807) is 29.8 Å². The van der Waals surface area contributed by atoms with Crippen molar-refractivity contribution in [3.63, 3.8) is 0 Å². The van der Waals surface area contributed by atoms with E-state index in [-0.39, 0.29) is 0 Å². The number of nitrogens with one attached hydrogen (secondary N) is 1. The smallest absolute Gasteiger partial charge is 0.139 e. The summed E-state index contributed by atoms with van der Waals surface area (Å²) in [6.45, 7) is 0. The molecule has 0 saturated heterocycles. The number of aromatic amines is 1. The monoisotopic (exact) mass is 235 g/mol. The molecule has 3 aromatic rings. The van der Waals surface area contributed by atoms with E-state index in [0.29, 0.717) is 5.02 Å². The SMILES string of the molecule is Clc1ccnc2[nH]cc(-c3nccs3)c12. The van der Waals surface area contributed by atoms with Crippen molar-refractivity contribution in [2.24, 2.45) is 0 Å². The van der Waals surface area contributed by atoms with Crippen molar-refractivity contribution in [3.05, 3.63) is 35.1 Å². The van der Waals surface area contributed by atoms with Crippen molar-refractivity contribution in [2.45, 2.75) is 0 Å². The van der Waals surface area contributed by atoms with Crippen LogP contribution >= 0.6 is 22.9 Å². The van der Waals surface area contributed by atoms with E-state index in [2.05, 4.69) is 15.0 Å². The average Bonchev–Trinajstić information content (AvgIpc) is 2.85. The summed E-state index contributed by atoms with van der Waals surface area (Å²) in [5.41, 5.74) is 1.81. The van der Waals surface area contributed by atoms with Gasteiger partial charge in [0.1, 0.15) is 10.7 Å². The van der Waals surface area contributed by atoms with Gasteiger partial charge in [0.05, 0.1) is 5.02 Å². The lowest BCUT2D eigenvalue weighted by atomic mass is 10.2. The fraction of sp³-hybridized carbons (Fsp3) is 0. The van der Waals surface area contributed by atoms with Gasteiger partial charge in [-0.2, -0.15) is 0 Å². The molecule has 3 heterocycles. The predicted octanol–water partition coefficient (Wildman–Crippen LogP) is 3.34. The third-order valence-corrected chi connectivity index (χ3v) is 3.31. The molecule has 3 nitrogen and oxygen atoms in total. The van der Waals surface area contributed by atoms with Crippen molar-refractivity contribution >= 4 is 34.0 Å². The van der Waals surface area contributed by atoms with Crippen LogP contribution in [-0.4, -0.2) is 15.0 Å². The maximum absolute atomic E-state index is 6.14. The van der Waals surface area contributed by atoms with Crippen LogP contribution < -0.4 is 0 Å². The van der Waals surface area contributed by atoms with Crippen LogP contribution in [0.25, 0.3) is 21.6 Å². The molecule has 3 aromatic heterocycles. The molecule has 0 atom stereocenters. The van der Waals surface area contributed by atoms with E-state index < -0.39 is 0 Å². The number of hydrogen-bond donors (Lipinski definition) is 1. The zero-order chi connectivity index (χ0) is 10.3. The number of nitrogens with zero attached hydrogens (tertiary/aromatic N) is 2. The number of hydrogen-bond acceptors (Lipinski definition) is 3. The zero-order valence-electron chi connectivity index (χ0n) is 7.57. The van der Waals surface area contributed by atoms with Gasteiger partial charge in [0, 0.05) is 34.9 Å². The second kappa shape index (κ2) is 3.32. The van der Waals surface area contributed by atoms with Gasteiger partial charge in [0.15, 0.2) is 0 Å². The summed E-state index contributed by atoms with van der Waals surface area (Å²) in [6.07, 6.45) is 5.36. The first kappa shape index (κ1) is 8.88. The Balaban J connectivity index is 2.37. The number of rotatable bonds is 1. The maximum atomic E-state index is 6.14. The average molecular weight is 236 g/mol. The zero-order valence-corrected chi connectivity index (χ0v) is 9.14. The number of pyridine rings is 1. The molecule has 15 heavy (non-hydrogen) atoms. The fourth-order valence-corrected chi connectivity index (χ4v) is 2.45. The lowest BCUT2D eigenvalue weighted by Crippen LogP contribution is -1.77. The summed E-state index contributed by atoms with van der Waals surface area (Å²) in [6, 6.07) is 1.79. The summed E-state index contributed by atoms with van der Waals surface area (Å²) in [7, 11) is 0. The second-order valence-corrected chi connectivity index (χ2v) is 4.36. The molecule has 3 rings (SSSR count). The Morgan fingerprint density at radius 3 is 3.00 bits per heavy atom. The van der Waals surface area contributed by atoms with Crippen LogP contribution in [0.2, 0.25) is 5.02 Å². The molecule has 5 heteroatoms. The minimum absolute atomic E-state index is 0.700. The first-order valence-corrected chi connectivity index (χ1v) is 5.63. The molecular weight excluding hydrogens is 230 g/mol. The highest BCUT2D eigenvalue weighted by Gasteiger charge is 2.11. The van der Waals surface area contributed by atoms with Crippen molar-refractivity contribution in [1.29, 1.82) is 0 Å². The van der Waals surface area contributed by atoms with Crippen LogP contribution in [0.4, 0.5) is 0 Å². The molecule has 0 unspecified atom stereocenters. The molecule has 0 aliphatic carbocycles. The van der Waals surface area contributed by atoms with Gasteiger partial charge in [0.25, 0.3) is 0 Å². The molecule has 0 bridgehead atoms. The maximum Gasteiger partial charge on any atom is 0.139 e. The van der Waals surface area contributed by atoms with Gasteiger partial charge in [0.2, 0.25) is 0 Å². The van der Waals surface area contributed by atoms with Crippen LogP contribution in [0, 0.1) is 0 Å². The Kier molecular flexibility index (Phi) is 1.97. The van der Waals surface area contributed by atoms with Crippen molar-refractivity contribution in [2.75, 3.05) is 0 Å². The van der Waals surface area contributed by atoms with Gasteiger partial charge >= 0.3 is 0 Å². The van der Waals surface area contributed by atoms with Crippen LogP contribution in [0.3, 0.4) is 0 Å². The molecule has 0 aliphatic heterocycles. The lowest BCUT2D eigenvalue weighted by molar-refractivity contribution is 1.32. The Morgan fingerprint density at radius 1 is 1.27 bits per heavy atom.